The molecule has 0 spiro atoms. The van der Waals surface area contributed by atoms with Crippen LogP contribution >= 0.6 is 11.3 Å². The van der Waals surface area contributed by atoms with Crippen LogP contribution in [0, 0.1) is 18.3 Å². The van der Waals surface area contributed by atoms with Gasteiger partial charge in [0.05, 0.1) is 11.6 Å². The van der Waals surface area contributed by atoms with Crippen LogP contribution in [-0.2, 0) is 6.42 Å². The van der Waals surface area contributed by atoms with Crippen LogP contribution < -0.4 is 4.90 Å². The SMILES string of the molecule is Cc1cc(C#N)cc(N(C)C(C)Cc2cccs2)n1. The number of thiophene rings is 1. The van der Waals surface area contributed by atoms with Gasteiger partial charge in [-0.3, -0.25) is 0 Å². The maximum Gasteiger partial charge on any atom is 0.130 e. The fourth-order valence-corrected chi connectivity index (χ4v) is 2.81. The van der Waals surface area contributed by atoms with Gasteiger partial charge in [0.25, 0.3) is 0 Å². The lowest BCUT2D eigenvalue weighted by Gasteiger charge is -2.26. The van der Waals surface area contributed by atoms with Crippen molar-refractivity contribution < 1.29 is 0 Å². The van der Waals surface area contributed by atoms with Crippen molar-refractivity contribution in [2.24, 2.45) is 0 Å². The maximum atomic E-state index is 9.02. The van der Waals surface area contributed by atoms with E-state index < -0.39 is 0 Å². The summed E-state index contributed by atoms with van der Waals surface area (Å²) < 4.78 is 0. The highest BCUT2D eigenvalue weighted by molar-refractivity contribution is 7.09. The highest BCUT2D eigenvalue weighted by Crippen LogP contribution is 2.19. The summed E-state index contributed by atoms with van der Waals surface area (Å²) in [6.45, 7) is 4.10. The van der Waals surface area contributed by atoms with Gasteiger partial charge in [0.15, 0.2) is 0 Å². The molecule has 0 bridgehead atoms. The zero-order chi connectivity index (χ0) is 13.8. The predicted octanol–water partition coefficient (Wildman–Crippen LogP) is 3.39. The average Bonchev–Trinajstić information content (AvgIpc) is 2.89. The number of hydrogen-bond acceptors (Lipinski definition) is 4. The van der Waals surface area contributed by atoms with Crippen molar-refractivity contribution in [3.8, 4) is 6.07 Å². The average molecular weight is 271 g/mol. The van der Waals surface area contributed by atoms with Gasteiger partial charge in [0.2, 0.25) is 0 Å². The molecule has 0 amide bonds. The number of hydrogen-bond donors (Lipinski definition) is 0. The Morgan fingerprint density at radius 3 is 2.89 bits per heavy atom. The summed E-state index contributed by atoms with van der Waals surface area (Å²) in [5, 5.41) is 11.1. The number of aromatic nitrogens is 1. The van der Waals surface area contributed by atoms with Crippen LogP contribution in [0.25, 0.3) is 0 Å². The minimum absolute atomic E-state index is 0.347. The highest BCUT2D eigenvalue weighted by Gasteiger charge is 2.13. The van der Waals surface area contributed by atoms with Gasteiger partial charge in [-0.25, -0.2) is 4.98 Å². The van der Waals surface area contributed by atoms with Gasteiger partial charge in [0.1, 0.15) is 5.82 Å². The zero-order valence-electron chi connectivity index (χ0n) is 11.4. The molecule has 2 aromatic heterocycles. The molecular formula is C15H17N3S. The van der Waals surface area contributed by atoms with E-state index in [1.54, 1.807) is 17.4 Å². The Morgan fingerprint density at radius 2 is 2.26 bits per heavy atom. The topological polar surface area (TPSA) is 39.9 Å². The van der Waals surface area contributed by atoms with Gasteiger partial charge in [-0.15, -0.1) is 11.3 Å². The third-order valence-corrected chi connectivity index (χ3v) is 4.07. The molecule has 0 N–H and O–H groups in total. The van der Waals surface area contributed by atoms with E-state index in [9.17, 15) is 0 Å². The van der Waals surface area contributed by atoms with Crippen molar-refractivity contribution in [2.75, 3.05) is 11.9 Å². The number of nitriles is 1. The lowest BCUT2D eigenvalue weighted by Crippen LogP contribution is -2.31. The molecule has 0 fully saturated rings. The summed E-state index contributed by atoms with van der Waals surface area (Å²) in [7, 11) is 2.03. The first-order valence-corrected chi connectivity index (χ1v) is 7.12. The molecule has 0 aliphatic heterocycles. The molecule has 19 heavy (non-hydrogen) atoms. The van der Waals surface area contributed by atoms with Crippen LogP contribution in [0.15, 0.2) is 29.6 Å². The summed E-state index contributed by atoms with van der Waals surface area (Å²) in [6, 6.07) is 10.4. The predicted molar refractivity (Wildman–Crippen MR) is 79.6 cm³/mol. The Balaban J connectivity index is 2.17. The van der Waals surface area contributed by atoms with E-state index in [2.05, 4.69) is 40.4 Å². The van der Waals surface area contributed by atoms with Crippen LogP contribution in [0.2, 0.25) is 0 Å². The molecule has 0 aliphatic rings. The summed E-state index contributed by atoms with van der Waals surface area (Å²) in [4.78, 5) is 8.01. The Labute approximate surface area is 118 Å². The minimum atomic E-state index is 0.347. The fraction of sp³-hybridized carbons (Fsp3) is 0.333. The third kappa shape index (κ3) is 3.33. The van der Waals surface area contributed by atoms with Gasteiger partial charge in [-0.05, 0) is 37.4 Å². The minimum Gasteiger partial charge on any atom is -0.357 e. The van der Waals surface area contributed by atoms with E-state index in [0.29, 0.717) is 11.6 Å². The van der Waals surface area contributed by atoms with Gasteiger partial charge in [-0.1, -0.05) is 6.07 Å². The van der Waals surface area contributed by atoms with Crippen LogP contribution in [0.5, 0.6) is 0 Å². The largest absolute Gasteiger partial charge is 0.357 e. The molecule has 1 unspecified atom stereocenters. The Hall–Kier alpha value is -1.86. The molecule has 0 aromatic carbocycles. The number of likely N-dealkylation sites (N-methyl/N-ethyl adjacent to an activating group) is 1. The van der Waals surface area contributed by atoms with E-state index >= 15 is 0 Å². The lowest BCUT2D eigenvalue weighted by atomic mass is 10.1. The normalized spacial score (nSPS) is 11.9. The molecule has 4 heteroatoms. The first kappa shape index (κ1) is 13.6. The molecule has 2 aromatic rings. The van der Waals surface area contributed by atoms with Gasteiger partial charge in [-0.2, -0.15) is 5.26 Å². The van der Waals surface area contributed by atoms with Crippen LogP contribution in [0.1, 0.15) is 23.1 Å². The summed E-state index contributed by atoms with van der Waals surface area (Å²) >= 11 is 1.78. The van der Waals surface area contributed by atoms with Crippen LogP contribution in [-0.4, -0.2) is 18.1 Å². The van der Waals surface area contributed by atoms with E-state index in [1.807, 2.05) is 20.0 Å². The van der Waals surface area contributed by atoms with Crippen LogP contribution in [0.4, 0.5) is 5.82 Å². The molecule has 3 nitrogen and oxygen atoms in total. The Kier molecular flexibility index (Phi) is 4.18. The van der Waals surface area contributed by atoms with Gasteiger partial charge < -0.3 is 4.90 Å². The van der Waals surface area contributed by atoms with E-state index in [-0.39, 0.29) is 0 Å². The first-order valence-electron chi connectivity index (χ1n) is 6.24. The van der Waals surface area contributed by atoms with Gasteiger partial charge in [0, 0.05) is 30.1 Å². The molecule has 1 atom stereocenters. The molecule has 98 valence electrons. The van der Waals surface area contributed by atoms with E-state index in [0.717, 1.165) is 17.9 Å². The Morgan fingerprint density at radius 1 is 1.47 bits per heavy atom. The second-order valence-corrected chi connectivity index (χ2v) is 5.74. The third-order valence-electron chi connectivity index (χ3n) is 3.17. The summed E-state index contributed by atoms with van der Waals surface area (Å²) in [5.41, 5.74) is 1.54. The number of aryl methyl sites for hydroxylation is 1. The fourth-order valence-electron chi connectivity index (χ4n) is 1.98. The number of nitrogens with zero attached hydrogens (tertiary/aromatic N) is 3. The van der Waals surface area contributed by atoms with Gasteiger partial charge >= 0.3 is 0 Å². The van der Waals surface area contributed by atoms with Crippen molar-refractivity contribution >= 4 is 17.2 Å². The monoisotopic (exact) mass is 271 g/mol. The summed E-state index contributed by atoms with van der Waals surface area (Å²) in [6.07, 6.45) is 0.992. The maximum absolute atomic E-state index is 9.02. The quantitative estimate of drug-likeness (QED) is 0.855. The molecule has 2 heterocycles. The Bertz CT molecular complexity index is 584. The zero-order valence-corrected chi connectivity index (χ0v) is 12.2. The van der Waals surface area contributed by atoms with Crippen molar-refractivity contribution in [3.05, 3.63) is 45.8 Å². The second-order valence-electron chi connectivity index (χ2n) is 4.71. The molecule has 0 radical (unpaired) electrons. The second kappa shape index (κ2) is 5.85. The molecule has 0 saturated carbocycles. The summed E-state index contributed by atoms with van der Waals surface area (Å²) in [5.74, 6) is 0.862. The van der Waals surface area contributed by atoms with Crippen LogP contribution in [0.3, 0.4) is 0 Å². The van der Waals surface area contributed by atoms with Crippen molar-refractivity contribution in [3.63, 3.8) is 0 Å². The number of pyridine rings is 1. The lowest BCUT2D eigenvalue weighted by molar-refractivity contribution is 0.679. The van der Waals surface area contributed by atoms with E-state index in [1.165, 1.54) is 4.88 Å². The molecule has 2 rings (SSSR count). The number of rotatable bonds is 4. The molecular weight excluding hydrogens is 254 g/mol. The highest BCUT2D eigenvalue weighted by atomic mass is 32.1. The molecule has 0 saturated heterocycles. The van der Waals surface area contributed by atoms with E-state index in [4.69, 9.17) is 5.26 Å². The number of anilines is 1. The van der Waals surface area contributed by atoms with Crippen molar-refractivity contribution in [2.45, 2.75) is 26.3 Å². The first-order chi connectivity index (χ1) is 9.10. The molecule has 0 aliphatic carbocycles. The van der Waals surface area contributed by atoms with Crippen molar-refractivity contribution in [1.29, 1.82) is 5.26 Å². The van der Waals surface area contributed by atoms with Crippen molar-refractivity contribution in [1.82, 2.24) is 4.98 Å². The standard InChI is InChI=1S/C15H17N3S/c1-11-7-13(10-16)9-15(17-11)18(3)12(2)8-14-5-4-6-19-14/h4-7,9,12H,8H2,1-3H3. The smallest absolute Gasteiger partial charge is 0.130 e.